The summed E-state index contributed by atoms with van der Waals surface area (Å²) in [5.41, 5.74) is 1.58. The number of carbonyl (C=O) groups excluding carboxylic acids is 3. The second-order valence-electron chi connectivity index (χ2n) is 11.6. The molecule has 7 heteroatoms. The van der Waals surface area contributed by atoms with Gasteiger partial charge in [0.1, 0.15) is 17.7 Å². The number of benzene rings is 3. The number of hydrogen-bond donors (Lipinski definition) is 2. The molecule has 0 aliphatic rings. The lowest BCUT2D eigenvalue weighted by molar-refractivity contribution is -0.141. The number of nitrogens with one attached hydrogen (secondary N) is 2. The van der Waals surface area contributed by atoms with Crippen LogP contribution in [0.15, 0.2) is 66.7 Å². The van der Waals surface area contributed by atoms with Crippen LogP contribution in [0.25, 0.3) is 10.8 Å². The molecule has 2 N–H and O–H groups in total. The van der Waals surface area contributed by atoms with E-state index in [0.717, 1.165) is 28.3 Å². The summed E-state index contributed by atoms with van der Waals surface area (Å²) in [7, 11) is 0. The van der Waals surface area contributed by atoms with Crippen LogP contribution in [-0.2, 0) is 14.3 Å². The zero-order chi connectivity index (χ0) is 29.4. The van der Waals surface area contributed by atoms with E-state index < -0.39 is 23.8 Å². The Hall–Kier alpha value is -3.87. The Labute approximate surface area is 238 Å². The Balaban J connectivity index is 2.02. The quantitative estimate of drug-likeness (QED) is 0.287. The summed E-state index contributed by atoms with van der Waals surface area (Å²) in [4.78, 5) is 42.6. The van der Waals surface area contributed by atoms with Gasteiger partial charge in [0.05, 0.1) is 0 Å². The highest BCUT2D eigenvalue weighted by atomic mass is 16.6. The number of unbranched alkanes of at least 4 members (excludes halogenated alkanes) is 1. The van der Waals surface area contributed by atoms with Crippen LogP contribution < -0.4 is 10.6 Å². The van der Waals surface area contributed by atoms with Gasteiger partial charge in [-0.2, -0.15) is 0 Å². The number of rotatable bonds is 10. The first-order valence-corrected chi connectivity index (χ1v) is 14.1. The van der Waals surface area contributed by atoms with Crippen molar-refractivity contribution in [1.82, 2.24) is 10.2 Å². The molecule has 7 nitrogen and oxygen atoms in total. The van der Waals surface area contributed by atoms with Crippen molar-refractivity contribution in [1.29, 1.82) is 0 Å². The minimum Gasteiger partial charge on any atom is -0.444 e. The van der Waals surface area contributed by atoms with Crippen molar-refractivity contribution in [2.24, 2.45) is 5.92 Å². The molecule has 0 heterocycles. The van der Waals surface area contributed by atoms with Crippen LogP contribution in [0.5, 0.6) is 0 Å². The summed E-state index contributed by atoms with van der Waals surface area (Å²) in [6.45, 7) is 13.4. The van der Waals surface area contributed by atoms with Crippen LogP contribution in [0.4, 0.5) is 10.5 Å². The van der Waals surface area contributed by atoms with E-state index in [1.165, 1.54) is 0 Å². The third-order valence-electron chi connectivity index (χ3n) is 6.70. The van der Waals surface area contributed by atoms with E-state index in [-0.39, 0.29) is 17.7 Å². The lowest BCUT2D eigenvalue weighted by Crippen LogP contribution is -2.54. The van der Waals surface area contributed by atoms with Crippen molar-refractivity contribution in [3.63, 3.8) is 0 Å². The smallest absolute Gasteiger partial charge is 0.408 e. The average Bonchev–Trinajstić information content (AvgIpc) is 2.88. The zero-order valence-electron chi connectivity index (χ0n) is 24.8. The fraction of sp³-hybridized carbons (Fsp3) is 0.424. The topological polar surface area (TPSA) is 87.7 Å². The monoisotopic (exact) mass is 545 g/mol. The highest BCUT2D eigenvalue weighted by Gasteiger charge is 2.37. The summed E-state index contributed by atoms with van der Waals surface area (Å²) in [5, 5.41) is 7.92. The van der Waals surface area contributed by atoms with Crippen LogP contribution in [0.2, 0.25) is 0 Å². The number of alkyl carbamates (subject to hydrolysis) is 1. The molecule has 0 aliphatic heterocycles. The number of nitrogens with zero attached hydrogens (tertiary/aromatic N) is 1. The molecule has 0 fully saturated rings. The van der Waals surface area contributed by atoms with Crippen molar-refractivity contribution in [2.45, 2.75) is 79.0 Å². The van der Waals surface area contributed by atoms with Gasteiger partial charge in [-0.1, -0.05) is 81.8 Å². The Morgan fingerprint density at radius 2 is 1.57 bits per heavy atom. The number of hydrogen-bond acceptors (Lipinski definition) is 4. The van der Waals surface area contributed by atoms with E-state index in [9.17, 15) is 14.4 Å². The van der Waals surface area contributed by atoms with Crippen LogP contribution in [-0.4, -0.2) is 41.0 Å². The minimum absolute atomic E-state index is 0.231. The fourth-order valence-corrected chi connectivity index (χ4v) is 4.64. The van der Waals surface area contributed by atoms with Gasteiger partial charge in [0.25, 0.3) is 5.91 Å². The molecule has 0 radical (unpaired) electrons. The van der Waals surface area contributed by atoms with Gasteiger partial charge in [-0.15, -0.1) is 0 Å². The van der Waals surface area contributed by atoms with Gasteiger partial charge in [-0.25, -0.2) is 4.79 Å². The van der Waals surface area contributed by atoms with E-state index in [1.807, 2.05) is 94.4 Å². The van der Waals surface area contributed by atoms with Gasteiger partial charge in [0, 0.05) is 12.2 Å². The maximum Gasteiger partial charge on any atom is 0.408 e. The van der Waals surface area contributed by atoms with Gasteiger partial charge in [0.2, 0.25) is 5.91 Å². The molecule has 0 saturated heterocycles. The van der Waals surface area contributed by atoms with Crippen molar-refractivity contribution < 1.29 is 19.1 Å². The third kappa shape index (κ3) is 8.07. The molecule has 2 atom stereocenters. The molecular weight excluding hydrogens is 502 g/mol. The predicted molar refractivity (Wildman–Crippen MR) is 161 cm³/mol. The number of fused-ring (bicyclic) bond motifs is 1. The summed E-state index contributed by atoms with van der Waals surface area (Å²) < 4.78 is 5.46. The third-order valence-corrected chi connectivity index (χ3v) is 6.70. The molecule has 3 amide bonds. The Kier molecular flexibility index (Phi) is 10.3. The van der Waals surface area contributed by atoms with Crippen LogP contribution in [0.3, 0.4) is 0 Å². The van der Waals surface area contributed by atoms with Crippen LogP contribution >= 0.6 is 0 Å². The first kappa shape index (κ1) is 30.7. The highest BCUT2D eigenvalue weighted by molar-refractivity contribution is 6.00. The molecule has 214 valence electrons. The van der Waals surface area contributed by atoms with Crippen molar-refractivity contribution in [3.05, 3.63) is 77.9 Å². The number of aryl methyl sites for hydroxylation is 1. The lowest BCUT2D eigenvalue weighted by atomic mass is 9.95. The average molecular weight is 546 g/mol. The van der Waals surface area contributed by atoms with Gasteiger partial charge >= 0.3 is 6.09 Å². The standard InChI is InChI=1S/C33H43N3O4/c1-8-9-20-36(31(38)28(22(2)3)35-32(39)40-33(5,6)7)29(27-17-13-10-14-23(27)4)30(37)34-26-19-18-24-15-11-12-16-25(24)21-26/h10-19,21-22,28-29H,8-9,20H2,1-7H3,(H,34,37)(H,35,39). The number of amides is 3. The Bertz CT molecular complexity index is 1330. The summed E-state index contributed by atoms with van der Waals surface area (Å²) >= 11 is 0. The molecule has 0 bridgehead atoms. The molecular formula is C33H43N3O4. The molecule has 0 saturated carbocycles. The summed E-state index contributed by atoms with van der Waals surface area (Å²) in [5.74, 6) is -0.866. The molecule has 0 spiro atoms. The van der Waals surface area contributed by atoms with Crippen molar-refractivity contribution in [2.75, 3.05) is 11.9 Å². The maximum absolute atomic E-state index is 14.2. The van der Waals surface area contributed by atoms with Gasteiger partial charge in [-0.05, 0) is 74.1 Å². The number of anilines is 1. The van der Waals surface area contributed by atoms with Gasteiger partial charge < -0.3 is 20.3 Å². The molecule has 0 aliphatic carbocycles. The lowest BCUT2D eigenvalue weighted by Gasteiger charge is -2.36. The minimum atomic E-state index is -0.895. The second-order valence-corrected chi connectivity index (χ2v) is 11.6. The van der Waals surface area contributed by atoms with E-state index in [2.05, 4.69) is 10.6 Å². The van der Waals surface area contributed by atoms with Crippen molar-refractivity contribution >= 4 is 34.4 Å². The predicted octanol–water partition coefficient (Wildman–Crippen LogP) is 7.01. The molecule has 40 heavy (non-hydrogen) atoms. The van der Waals surface area contributed by atoms with E-state index in [4.69, 9.17) is 4.74 Å². The van der Waals surface area contributed by atoms with Gasteiger partial charge in [0.15, 0.2) is 0 Å². The van der Waals surface area contributed by atoms with E-state index in [1.54, 1.807) is 25.7 Å². The molecule has 2 unspecified atom stereocenters. The Morgan fingerprint density at radius 3 is 2.20 bits per heavy atom. The second kappa shape index (κ2) is 13.5. The normalized spacial score (nSPS) is 13.0. The zero-order valence-corrected chi connectivity index (χ0v) is 24.8. The largest absolute Gasteiger partial charge is 0.444 e. The van der Waals surface area contributed by atoms with Crippen LogP contribution in [0, 0.1) is 12.8 Å². The van der Waals surface area contributed by atoms with Crippen molar-refractivity contribution in [3.8, 4) is 0 Å². The SMILES string of the molecule is CCCCN(C(=O)C(NC(=O)OC(C)(C)C)C(C)C)C(C(=O)Nc1ccc2ccccc2c1)c1ccccc1C. The van der Waals surface area contributed by atoms with Crippen LogP contribution in [0.1, 0.15) is 71.6 Å². The van der Waals surface area contributed by atoms with E-state index >= 15 is 0 Å². The first-order chi connectivity index (χ1) is 18.9. The Morgan fingerprint density at radius 1 is 0.925 bits per heavy atom. The maximum atomic E-state index is 14.2. The molecule has 3 rings (SSSR count). The highest BCUT2D eigenvalue weighted by Crippen LogP contribution is 2.29. The summed E-state index contributed by atoms with van der Waals surface area (Å²) in [6, 6.07) is 19.6. The first-order valence-electron chi connectivity index (χ1n) is 14.1. The molecule has 3 aromatic rings. The molecule has 0 aromatic heterocycles. The fourth-order valence-electron chi connectivity index (χ4n) is 4.64. The molecule has 3 aromatic carbocycles. The van der Waals surface area contributed by atoms with E-state index in [0.29, 0.717) is 18.7 Å². The number of ether oxygens (including phenoxy) is 1. The number of carbonyl (C=O) groups is 3. The van der Waals surface area contributed by atoms with Gasteiger partial charge in [-0.3, -0.25) is 9.59 Å². The summed E-state index contributed by atoms with van der Waals surface area (Å²) in [6.07, 6.45) is 0.875.